The van der Waals surface area contributed by atoms with Crippen molar-refractivity contribution >= 4 is 11.8 Å². The van der Waals surface area contributed by atoms with Crippen molar-refractivity contribution in [2.45, 2.75) is 17.8 Å². The summed E-state index contributed by atoms with van der Waals surface area (Å²) in [5.41, 5.74) is 2.60. The van der Waals surface area contributed by atoms with Crippen molar-refractivity contribution in [2.75, 3.05) is 0 Å². The molecule has 14 heavy (non-hydrogen) atoms. The van der Waals surface area contributed by atoms with Gasteiger partial charge in [-0.3, -0.25) is 5.10 Å². The maximum Gasteiger partial charge on any atom is 0.208 e. The molecule has 1 heterocycles. The highest BCUT2D eigenvalue weighted by atomic mass is 32.2. The minimum absolute atomic E-state index is 0.798. The molecule has 0 aliphatic rings. The van der Waals surface area contributed by atoms with Crippen molar-refractivity contribution in [2.24, 2.45) is 0 Å². The molecule has 0 bridgehead atoms. The van der Waals surface area contributed by atoms with E-state index in [1.165, 1.54) is 11.1 Å². The fraction of sp³-hybridized carbons (Fsp3) is 0.200. The van der Waals surface area contributed by atoms with Gasteiger partial charge < -0.3 is 0 Å². The Labute approximate surface area is 87.0 Å². The van der Waals surface area contributed by atoms with Gasteiger partial charge in [-0.25, -0.2) is 4.98 Å². The van der Waals surface area contributed by atoms with E-state index in [9.17, 15) is 0 Å². The van der Waals surface area contributed by atoms with E-state index < -0.39 is 0 Å². The Morgan fingerprint density at radius 1 is 1.43 bits per heavy atom. The number of aromatic amines is 1. The molecule has 0 saturated heterocycles. The molecule has 0 saturated carbocycles. The van der Waals surface area contributed by atoms with Crippen LogP contribution in [-0.4, -0.2) is 15.2 Å². The number of rotatable bonds is 3. The molecule has 0 aliphatic carbocycles. The molecule has 2 rings (SSSR count). The van der Waals surface area contributed by atoms with Crippen LogP contribution in [0.25, 0.3) is 0 Å². The van der Waals surface area contributed by atoms with E-state index in [1.807, 2.05) is 0 Å². The zero-order valence-corrected chi connectivity index (χ0v) is 8.71. The van der Waals surface area contributed by atoms with Crippen molar-refractivity contribution in [3.8, 4) is 0 Å². The predicted molar refractivity (Wildman–Crippen MR) is 57.1 cm³/mol. The zero-order chi connectivity index (χ0) is 9.80. The number of hydrogen-bond donors (Lipinski definition) is 1. The van der Waals surface area contributed by atoms with Crippen molar-refractivity contribution in [3.63, 3.8) is 0 Å². The number of nitrogens with zero attached hydrogens (tertiary/aromatic N) is 2. The lowest BCUT2D eigenvalue weighted by Crippen LogP contribution is -1.83. The van der Waals surface area contributed by atoms with Crippen LogP contribution < -0.4 is 0 Å². The summed E-state index contributed by atoms with van der Waals surface area (Å²) in [6, 6.07) is 8.47. The third kappa shape index (κ3) is 2.35. The largest absolute Gasteiger partial charge is 0.265 e. The lowest BCUT2D eigenvalue weighted by Gasteiger charge is -1.99. The lowest BCUT2D eigenvalue weighted by molar-refractivity contribution is 0.973. The average Bonchev–Trinajstić information content (AvgIpc) is 2.67. The molecule has 72 valence electrons. The van der Waals surface area contributed by atoms with Gasteiger partial charge in [-0.2, -0.15) is 0 Å². The monoisotopic (exact) mass is 205 g/mol. The van der Waals surface area contributed by atoms with Crippen molar-refractivity contribution in [1.82, 2.24) is 15.2 Å². The van der Waals surface area contributed by atoms with Gasteiger partial charge in [0.1, 0.15) is 6.33 Å². The third-order valence-electron chi connectivity index (χ3n) is 1.84. The van der Waals surface area contributed by atoms with E-state index in [0.29, 0.717) is 0 Å². The summed E-state index contributed by atoms with van der Waals surface area (Å²) in [6.45, 7) is 2.10. The molecule has 0 atom stereocenters. The van der Waals surface area contributed by atoms with Crippen LogP contribution in [0, 0.1) is 6.92 Å². The molecule has 2 aromatic rings. The molecule has 3 nitrogen and oxygen atoms in total. The fourth-order valence-electron chi connectivity index (χ4n) is 1.22. The minimum Gasteiger partial charge on any atom is -0.265 e. The summed E-state index contributed by atoms with van der Waals surface area (Å²) in [4.78, 5) is 4.05. The summed E-state index contributed by atoms with van der Waals surface area (Å²) < 4.78 is 0. The Hall–Kier alpha value is -1.29. The van der Waals surface area contributed by atoms with Crippen molar-refractivity contribution < 1.29 is 0 Å². The second-order valence-corrected chi connectivity index (χ2v) is 4.00. The number of H-pyrrole nitrogens is 1. The molecular formula is C10H11N3S. The molecule has 0 fully saturated rings. The molecule has 0 amide bonds. The quantitative estimate of drug-likeness (QED) is 0.782. The number of thioether (sulfide) groups is 1. The maximum atomic E-state index is 4.05. The normalized spacial score (nSPS) is 10.4. The molecule has 0 spiro atoms. The smallest absolute Gasteiger partial charge is 0.208 e. The number of aryl methyl sites for hydroxylation is 1. The SMILES string of the molecule is Cc1cccc(CSc2nc[nH]n2)c1. The first-order valence-electron chi connectivity index (χ1n) is 4.39. The number of nitrogens with one attached hydrogen (secondary N) is 1. The first kappa shape index (κ1) is 9.27. The van der Waals surface area contributed by atoms with Crippen LogP contribution >= 0.6 is 11.8 Å². The van der Waals surface area contributed by atoms with Crippen molar-refractivity contribution in [3.05, 3.63) is 41.7 Å². The number of benzene rings is 1. The molecular weight excluding hydrogens is 194 g/mol. The van der Waals surface area contributed by atoms with E-state index in [0.717, 1.165) is 10.9 Å². The predicted octanol–water partition coefficient (Wildman–Crippen LogP) is 2.41. The van der Waals surface area contributed by atoms with Crippen LogP contribution in [0.1, 0.15) is 11.1 Å². The van der Waals surface area contributed by atoms with Crippen LogP contribution in [0.2, 0.25) is 0 Å². The number of aromatic nitrogens is 3. The summed E-state index contributed by atoms with van der Waals surface area (Å²) in [7, 11) is 0. The van der Waals surface area contributed by atoms with Gasteiger partial charge in [0.05, 0.1) is 0 Å². The highest BCUT2D eigenvalue weighted by molar-refractivity contribution is 7.98. The molecule has 0 radical (unpaired) electrons. The van der Waals surface area contributed by atoms with E-state index >= 15 is 0 Å². The van der Waals surface area contributed by atoms with Gasteiger partial charge in [0.15, 0.2) is 0 Å². The van der Waals surface area contributed by atoms with Gasteiger partial charge in [0, 0.05) is 5.75 Å². The second-order valence-electron chi connectivity index (χ2n) is 3.06. The van der Waals surface area contributed by atoms with Gasteiger partial charge in [-0.1, -0.05) is 41.6 Å². The summed E-state index contributed by atoms with van der Waals surface area (Å²) >= 11 is 1.64. The molecule has 1 N–H and O–H groups in total. The molecule has 1 aromatic carbocycles. The Bertz CT molecular complexity index is 398. The van der Waals surface area contributed by atoms with Gasteiger partial charge in [0.25, 0.3) is 0 Å². The minimum atomic E-state index is 0.798. The topological polar surface area (TPSA) is 41.6 Å². The first-order chi connectivity index (χ1) is 6.84. The standard InChI is InChI=1S/C10H11N3S/c1-8-3-2-4-9(5-8)6-14-10-11-7-12-13-10/h2-5,7H,6H2,1H3,(H,11,12,13). The third-order valence-corrected chi connectivity index (χ3v) is 2.78. The maximum absolute atomic E-state index is 4.05. The van der Waals surface area contributed by atoms with Gasteiger partial charge in [0.2, 0.25) is 5.16 Å². The van der Waals surface area contributed by atoms with E-state index in [2.05, 4.69) is 46.4 Å². The Kier molecular flexibility index (Phi) is 2.84. The van der Waals surface area contributed by atoms with Crippen LogP contribution in [0.4, 0.5) is 0 Å². The zero-order valence-electron chi connectivity index (χ0n) is 7.90. The lowest BCUT2D eigenvalue weighted by atomic mass is 10.2. The summed E-state index contributed by atoms with van der Waals surface area (Å²) in [5.74, 6) is 0.916. The fourth-order valence-corrected chi connectivity index (χ4v) is 1.94. The average molecular weight is 205 g/mol. The first-order valence-corrected chi connectivity index (χ1v) is 5.37. The van der Waals surface area contributed by atoms with Gasteiger partial charge >= 0.3 is 0 Å². The second kappa shape index (κ2) is 4.28. The Morgan fingerprint density at radius 3 is 3.07 bits per heavy atom. The molecule has 1 aromatic heterocycles. The molecule has 0 aliphatic heterocycles. The molecule has 0 unspecified atom stereocenters. The highest BCUT2D eigenvalue weighted by Crippen LogP contribution is 2.18. The van der Waals surface area contributed by atoms with Crippen LogP contribution in [0.5, 0.6) is 0 Å². The van der Waals surface area contributed by atoms with E-state index in [1.54, 1.807) is 18.1 Å². The summed E-state index contributed by atoms with van der Waals surface area (Å²) in [5, 5.41) is 7.47. The highest BCUT2D eigenvalue weighted by Gasteiger charge is 1.98. The van der Waals surface area contributed by atoms with E-state index in [-0.39, 0.29) is 0 Å². The van der Waals surface area contributed by atoms with Crippen LogP contribution in [0.3, 0.4) is 0 Å². The Balaban J connectivity index is 1.98. The van der Waals surface area contributed by atoms with Gasteiger partial charge in [-0.05, 0) is 12.5 Å². The van der Waals surface area contributed by atoms with Gasteiger partial charge in [-0.15, -0.1) is 5.10 Å². The van der Waals surface area contributed by atoms with E-state index in [4.69, 9.17) is 0 Å². The summed E-state index contributed by atoms with van der Waals surface area (Å²) in [6.07, 6.45) is 1.60. The van der Waals surface area contributed by atoms with Crippen LogP contribution in [-0.2, 0) is 5.75 Å². The van der Waals surface area contributed by atoms with Crippen molar-refractivity contribution in [1.29, 1.82) is 0 Å². The molecule has 4 heteroatoms. The number of hydrogen-bond acceptors (Lipinski definition) is 3. The Morgan fingerprint density at radius 2 is 2.36 bits per heavy atom. The van der Waals surface area contributed by atoms with Crippen LogP contribution in [0.15, 0.2) is 35.7 Å².